The van der Waals surface area contributed by atoms with Crippen LogP contribution in [0.2, 0.25) is 0 Å². The van der Waals surface area contributed by atoms with E-state index in [0.29, 0.717) is 44.1 Å². The van der Waals surface area contributed by atoms with Crippen LogP contribution in [0, 0.1) is 0 Å². The van der Waals surface area contributed by atoms with Gasteiger partial charge in [-0.1, -0.05) is 0 Å². The van der Waals surface area contributed by atoms with Gasteiger partial charge in [0.2, 0.25) is 5.95 Å². The number of hydrogen-bond donors (Lipinski definition) is 1. The Hall–Kier alpha value is -2.75. The summed E-state index contributed by atoms with van der Waals surface area (Å²) in [6, 6.07) is 9.18. The number of aromatic nitrogens is 3. The number of ether oxygens (including phenoxy) is 2. The van der Waals surface area contributed by atoms with Crippen molar-refractivity contribution in [1.82, 2.24) is 20.3 Å². The van der Waals surface area contributed by atoms with Gasteiger partial charge in [-0.25, -0.2) is 4.98 Å². The third kappa shape index (κ3) is 4.35. The fraction of sp³-hybridized carbons (Fsp3) is 0.560. The van der Waals surface area contributed by atoms with E-state index in [9.17, 15) is 0 Å². The highest BCUT2D eigenvalue weighted by molar-refractivity contribution is 5.89. The van der Waals surface area contributed by atoms with E-state index in [0.717, 1.165) is 48.1 Å². The van der Waals surface area contributed by atoms with Crippen molar-refractivity contribution in [3.63, 3.8) is 0 Å². The van der Waals surface area contributed by atoms with Gasteiger partial charge in [0, 0.05) is 19.1 Å². The third-order valence-electron chi connectivity index (χ3n) is 6.85. The Morgan fingerprint density at radius 1 is 0.912 bits per heavy atom. The van der Waals surface area contributed by atoms with E-state index in [1.165, 1.54) is 12.8 Å². The maximum absolute atomic E-state index is 6.10. The van der Waals surface area contributed by atoms with Gasteiger partial charge in [0.25, 0.3) is 0 Å². The van der Waals surface area contributed by atoms with Gasteiger partial charge in [-0.05, 0) is 51.0 Å². The first-order valence-electron chi connectivity index (χ1n) is 12.4. The summed E-state index contributed by atoms with van der Waals surface area (Å²) in [5, 5.41) is 4.45. The minimum Gasteiger partial charge on any atom is -0.458 e. The van der Waals surface area contributed by atoms with Gasteiger partial charge in [0.1, 0.15) is 17.3 Å². The van der Waals surface area contributed by atoms with Crippen molar-refractivity contribution < 1.29 is 13.9 Å². The van der Waals surface area contributed by atoms with Crippen LogP contribution in [0.15, 0.2) is 28.7 Å². The number of nitrogens with zero attached hydrogens (tertiary/aromatic N) is 5. The van der Waals surface area contributed by atoms with Gasteiger partial charge in [-0.2, -0.15) is 9.97 Å². The van der Waals surface area contributed by atoms with Gasteiger partial charge in [-0.3, -0.25) is 0 Å². The maximum atomic E-state index is 6.10. The van der Waals surface area contributed by atoms with Crippen molar-refractivity contribution in [3.05, 3.63) is 30.0 Å². The highest BCUT2D eigenvalue weighted by atomic mass is 16.5. The standard InChI is InChI=1S/C25H32N6O3/c1-16-14-32-11-9-30(16)24-20-6-7-21(22-8-5-19(34-22)13-26-18-3-4-18)27-23(20)28-25(29-24)31-10-12-33-15-17(31)2/h5-8,16-18,26H,3-4,9-15H2,1-2H3/t16-,17-/m0/s1. The zero-order valence-electron chi connectivity index (χ0n) is 19.9. The first kappa shape index (κ1) is 21.8. The van der Waals surface area contributed by atoms with Crippen LogP contribution in [0.3, 0.4) is 0 Å². The largest absolute Gasteiger partial charge is 0.458 e. The Bertz CT molecular complexity index is 1160. The molecule has 2 aliphatic heterocycles. The number of hydrogen-bond acceptors (Lipinski definition) is 9. The molecule has 0 radical (unpaired) electrons. The molecule has 0 bridgehead atoms. The van der Waals surface area contributed by atoms with E-state index in [2.05, 4.69) is 35.0 Å². The molecule has 1 saturated carbocycles. The Balaban J connectivity index is 1.39. The Kier molecular flexibility index (Phi) is 5.84. The summed E-state index contributed by atoms with van der Waals surface area (Å²) in [5.74, 6) is 3.31. The predicted molar refractivity (Wildman–Crippen MR) is 130 cm³/mol. The maximum Gasteiger partial charge on any atom is 0.229 e. The van der Waals surface area contributed by atoms with Crippen LogP contribution in [0.1, 0.15) is 32.4 Å². The number of furan rings is 1. The van der Waals surface area contributed by atoms with Crippen molar-refractivity contribution in [3.8, 4) is 11.5 Å². The summed E-state index contributed by atoms with van der Waals surface area (Å²) in [6.07, 6.45) is 2.52. The number of anilines is 2. The molecule has 5 heterocycles. The highest BCUT2D eigenvalue weighted by Crippen LogP contribution is 2.31. The van der Waals surface area contributed by atoms with E-state index in [4.69, 9.17) is 28.8 Å². The molecule has 9 heteroatoms. The predicted octanol–water partition coefficient (Wildman–Crippen LogP) is 2.99. The van der Waals surface area contributed by atoms with Crippen molar-refractivity contribution in [2.45, 2.75) is 51.4 Å². The summed E-state index contributed by atoms with van der Waals surface area (Å²) < 4.78 is 17.4. The van der Waals surface area contributed by atoms with Crippen molar-refractivity contribution in [1.29, 1.82) is 0 Å². The SMILES string of the molecule is C[C@H]1COCCN1c1nc(N2CCOC[C@@H]2C)c2ccc(-c3ccc(CNC4CC4)o3)nc2n1. The molecular formula is C25H32N6O3. The number of fused-ring (bicyclic) bond motifs is 1. The van der Waals surface area contributed by atoms with Gasteiger partial charge in [-0.15, -0.1) is 0 Å². The zero-order valence-corrected chi connectivity index (χ0v) is 19.9. The van der Waals surface area contributed by atoms with Crippen molar-refractivity contribution in [2.24, 2.45) is 0 Å². The zero-order chi connectivity index (χ0) is 23.1. The lowest BCUT2D eigenvalue weighted by Gasteiger charge is -2.37. The smallest absolute Gasteiger partial charge is 0.229 e. The molecule has 3 aromatic rings. The van der Waals surface area contributed by atoms with Crippen molar-refractivity contribution in [2.75, 3.05) is 49.3 Å². The lowest BCUT2D eigenvalue weighted by molar-refractivity contribution is 0.0973. The Morgan fingerprint density at radius 2 is 1.68 bits per heavy atom. The topological polar surface area (TPSA) is 88.8 Å². The molecule has 1 aliphatic carbocycles. The Morgan fingerprint density at radius 3 is 2.41 bits per heavy atom. The molecule has 180 valence electrons. The first-order chi connectivity index (χ1) is 16.7. The van der Waals surface area contributed by atoms with Crippen LogP contribution in [0.25, 0.3) is 22.5 Å². The quantitative estimate of drug-likeness (QED) is 0.591. The van der Waals surface area contributed by atoms with Gasteiger partial charge >= 0.3 is 0 Å². The highest BCUT2D eigenvalue weighted by Gasteiger charge is 2.28. The molecular weight excluding hydrogens is 432 g/mol. The third-order valence-corrected chi connectivity index (χ3v) is 6.85. The lowest BCUT2D eigenvalue weighted by Crippen LogP contribution is -2.46. The van der Waals surface area contributed by atoms with Gasteiger partial charge in [0.15, 0.2) is 11.4 Å². The number of morpholine rings is 2. The van der Waals surface area contributed by atoms with Gasteiger partial charge < -0.3 is 29.0 Å². The molecule has 2 saturated heterocycles. The van der Waals surface area contributed by atoms with Crippen LogP contribution in [0.5, 0.6) is 0 Å². The normalized spacial score (nSPS) is 23.6. The molecule has 9 nitrogen and oxygen atoms in total. The summed E-state index contributed by atoms with van der Waals surface area (Å²) in [5.41, 5.74) is 1.47. The van der Waals surface area contributed by atoms with E-state index in [1.807, 2.05) is 18.2 Å². The molecule has 0 unspecified atom stereocenters. The number of pyridine rings is 1. The van der Waals surface area contributed by atoms with E-state index >= 15 is 0 Å². The molecule has 3 aromatic heterocycles. The molecule has 34 heavy (non-hydrogen) atoms. The van der Waals surface area contributed by atoms with Crippen LogP contribution in [0.4, 0.5) is 11.8 Å². The van der Waals surface area contributed by atoms with Crippen molar-refractivity contribution >= 4 is 22.8 Å². The lowest BCUT2D eigenvalue weighted by atomic mass is 10.2. The van der Waals surface area contributed by atoms with E-state index in [1.54, 1.807) is 0 Å². The molecule has 3 aliphatic rings. The summed E-state index contributed by atoms with van der Waals surface area (Å²) in [6.45, 7) is 9.34. The molecule has 1 N–H and O–H groups in total. The van der Waals surface area contributed by atoms with Crippen LogP contribution >= 0.6 is 0 Å². The Labute approximate surface area is 199 Å². The fourth-order valence-corrected chi connectivity index (χ4v) is 4.68. The second kappa shape index (κ2) is 9.13. The molecule has 0 spiro atoms. The number of rotatable bonds is 6. The minimum absolute atomic E-state index is 0.205. The molecule has 0 aromatic carbocycles. The summed E-state index contributed by atoms with van der Waals surface area (Å²) in [4.78, 5) is 19.5. The van der Waals surface area contributed by atoms with Crippen LogP contribution < -0.4 is 15.1 Å². The number of nitrogens with one attached hydrogen (secondary N) is 1. The molecule has 6 rings (SSSR count). The summed E-state index contributed by atoms with van der Waals surface area (Å²) >= 11 is 0. The van der Waals surface area contributed by atoms with Crippen LogP contribution in [-0.2, 0) is 16.0 Å². The average Bonchev–Trinajstić information content (AvgIpc) is 3.57. The second-order valence-electron chi connectivity index (χ2n) is 9.57. The van der Waals surface area contributed by atoms with Gasteiger partial charge in [0.05, 0.1) is 50.4 Å². The molecule has 3 fully saturated rings. The van der Waals surface area contributed by atoms with E-state index < -0.39 is 0 Å². The minimum atomic E-state index is 0.205. The monoisotopic (exact) mass is 464 g/mol. The second-order valence-corrected chi connectivity index (χ2v) is 9.57. The summed E-state index contributed by atoms with van der Waals surface area (Å²) in [7, 11) is 0. The molecule has 2 atom stereocenters. The molecule has 0 amide bonds. The van der Waals surface area contributed by atoms with E-state index in [-0.39, 0.29) is 12.1 Å². The van der Waals surface area contributed by atoms with Crippen LogP contribution in [-0.4, -0.2) is 72.6 Å². The first-order valence-corrected chi connectivity index (χ1v) is 12.4. The average molecular weight is 465 g/mol. The fourth-order valence-electron chi connectivity index (χ4n) is 4.68.